The Balaban J connectivity index is 1.64. The Morgan fingerprint density at radius 3 is 2.46 bits per heavy atom. The monoisotopic (exact) mass is 509 g/mol. The molecule has 0 amide bonds. The summed E-state index contributed by atoms with van der Waals surface area (Å²) in [6.45, 7) is 3.96. The van der Waals surface area contributed by atoms with Crippen molar-refractivity contribution < 1.29 is 27.6 Å². The van der Waals surface area contributed by atoms with Crippen LogP contribution in [0.2, 0.25) is 0 Å². The molecule has 4 aromatic rings. The van der Waals surface area contributed by atoms with Gasteiger partial charge in [-0.1, -0.05) is 60.6 Å². The van der Waals surface area contributed by atoms with Crippen molar-refractivity contribution in [2.24, 2.45) is 0 Å². The Morgan fingerprint density at radius 1 is 1.03 bits per heavy atom. The summed E-state index contributed by atoms with van der Waals surface area (Å²) in [6.07, 6.45) is -4.12. The second kappa shape index (κ2) is 10.6. The molecule has 0 saturated heterocycles. The van der Waals surface area contributed by atoms with E-state index >= 15 is 0 Å². The van der Waals surface area contributed by atoms with Crippen LogP contribution < -0.4 is 0 Å². The van der Waals surface area contributed by atoms with Gasteiger partial charge in [0.15, 0.2) is 0 Å². The molecule has 0 fully saturated rings. The minimum absolute atomic E-state index is 0.0312. The van der Waals surface area contributed by atoms with E-state index in [4.69, 9.17) is 4.52 Å². The first-order valence-electron chi connectivity index (χ1n) is 11.7. The predicted molar refractivity (Wildman–Crippen MR) is 134 cm³/mol. The van der Waals surface area contributed by atoms with Gasteiger partial charge >= 0.3 is 12.1 Å². The lowest BCUT2D eigenvalue weighted by molar-refractivity contribution is -0.143. The number of benzene rings is 3. The molecule has 1 aromatic heterocycles. The summed E-state index contributed by atoms with van der Waals surface area (Å²) in [5.74, 6) is -0.701. The fourth-order valence-corrected chi connectivity index (χ4v) is 4.36. The van der Waals surface area contributed by atoms with Crippen LogP contribution in [-0.4, -0.2) is 39.2 Å². The van der Waals surface area contributed by atoms with Gasteiger partial charge in [-0.25, -0.2) is 0 Å². The Hall–Kier alpha value is -3.98. The number of aliphatic carboxylic acids is 1. The molecule has 0 aliphatic carbocycles. The lowest BCUT2D eigenvalue weighted by Crippen LogP contribution is -2.37. The third kappa shape index (κ3) is 5.72. The molecule has 6 nitrogen and oxygen atoms in total. The highest BCUT2D eigenvalue weighted by molar-refractivity contribution is 5.75. The number of aromatic nitrogens is 2. The summed E-state index contributed by atoms with van der Waals surface area (Å²) in [4.78, 5) is 17.5. The van der Waals surface area contributed by atoms with Gasteiger partial charge in [0.2, 0.25) is 5.82 Å². The lowest BCUT2D eigenvalue weighted by Gasteiger charge is -2.23. The first-order chi connectivity index (χ1) is 17.6. The molecule has 3 aromatic carbocycles. The molecule has 37 heavy (non-hydrogen) atoms. The molecular formula is C28H26F3N3O3. The Morgan fingerprint density at radius 2 is 1.78 bits per heavy atom. The molecule has 1 atom stereocenters. The van der Waals surface area contributed by atoms with E-state index in [1.807, 2.05) is 19.1 Å². The standard InChI is InChI=1S/C28H26F3N3O3/c1-4-24(27(35)36)34(3)16-18-9-7-10-19(14-18)25-32-26(37-33-25)20-12-13-22(23(15-20)28(29,30)31)21-11-6-5-8-17(21)2/h5-15,24H,4,16H2,1-3H3,(H,35,36)/t24-/m0/s1. The smallest absolute Gasteiger partial charge is 0.417 e. The van der Waals surface area contributed by atoms with Crippen molar-refractivity contribution in [3.63, 3.8) is 0 Å². The molecule has 192 valence electrons. The average Bonchev–Trinajstić information content (AvgIpc) is 3.34. The number of hydrogen-bond acceptors (Lipinski definition) is 5. The van der Waals surface area contributed by atoms with E-state index in [2.05, 4.69) is 10.1 Å². The van der Waals surface area contributed by atoms with E-state index in [9.17, 15) is 23.1 Å². The van der Waals surface area contributed by atoms with Crippen LogP contribution in [0.15, 0.2) is 71.3 Å². The highest BCUT2D eigenvalue weighted by Gasteiger charge is 2.34. The van der Waals surface area contributed by atoms with Crippen molar-refractivity contribution in [1.29, 1.82) is 0 Å². The minimum Gasteiger partial charge on any atom is -0.480 e. The summed E-state index contributed by atoms with van der Waals surface area (Å²) >= 11 is 0. The van der Waals surface area contributed by atoms with Crippen molar-refractivity contribution >= 4 is 5.97 Å². The first kappa shape index (κ1) is 26.1. The van der Waals surface area contributed by atoms with Gasteiger partial charge in [-0.15, -0.1) is 0 Å². The number of carboxylic acids is 1. The number of halogens is 3. The summed E-state index contributed by atoms with van der Waals surface area (Å²) in [6, 6.07) is 17.5. The molecule has 0 radical (unpaired) electrons. The highest BCUT2D eigenvalue weighted by atomic mass is 19.4. The van der Waals surface area contributed by atoms with Crippen LogP contribution in [0.4, 0.5) is 13.2 Å². The Labute approximate surface area is 212 Å². The summed E-state index contributed by atoms with van der Waals surface area (Å²) in [5.41, 5.74) is 2.14. The van der Waals surface area contributed by atoms with Crippen molar-refractivity contribution in [3.8, 4) is 34.0 Å². The third-order valence-electron chi connectivity index (χ3n) is 6.25. The molecule has 0 spiro atoms. The SMILES string of the molecule is CC[C@@H](C(=O)O)N(C)Cc1cccc(-c2noc(-c3ccc(-c4ccccc4C)c(C(F)(F)F)c3)n2)c1. The van der Waals surface area contributed by atoms with E-state index in [1.165, 1.54) is 12.1 Å². The molecular weight excluding hydrogens is 483 g/mol. The van der Waals surface area contributed by atoms with E-state index in [0.717, 1.165) is 17.2 Å². The fraction of sp³-hybridized carbons (Fsp3) is 0.250. The number of nitrogens with zero attached hydrogens (tertiary/aromatic N) is 3. The van der Waals surface area contributed by atoms with Gasteiger partial charge < -0.3 is 9.63 Å². The zero-order valence-electron chi connectivity index (χ0n) is 20.6. The fourth-order valence-electron chi connectivity index (χ4n) is 4.36. The molecule has 0 bridgehead atoms. The predicted octanol–water partition coefficient (Wildman–Crippen LogP) is 6.69. The maximum atomic E-state index is 14.0. The van der Waals surface area contributed by atoms with Crippen LogP contribution in [0.25, 0.3) is 34.0 Å². The molecule has 0 saturated carbocycles. The number of hydrogen-bond donors (Lipinski definition) is 1. The summed E-state index contributed by atoms with van der Waals surface area (Å²) < 4.78 is 47.3. The van der Waals surface area contributed by atoms with Crippen LogP contribution in [0.1, 0.15) is 30.0 Å². The summed E-state index contributed by atoms with van der Waals surface area (Å²) in [7, 11) is 1.74. The lowest BCUT2D eigenvalue weighted by atomic mass is 9.94. The second-order valence-electron chi connectivity index (χ2n) is 8.87. The van der Waals surface area contributed by atoms with Crippen LogP contribution in [0.3, 0.4) is 0 Å². The number of carboxylic acid groups (broad SMARTS) is 1. The maximum Gasteiger partial charge on any atom is 0.417 e. The quantitative estimate of drug-likeness (QED) is 0.285. The number of likely N-dealkylation sites (N-methyl/N-ethyl adjacent to an activating group) is 1. The minimum atomic E-state index is -4.58. The molecule has 0 aliphatic heterocycles. The Bertz CT molecular complexity index is 1420. The van der Waals surface area contributed by atoms with Gasteiger partial charge in [0.1, 0.15) is 6.04 Å². The number of aryl methyl sites for hydroxylation is 1. The van der Waals surface area contributed by atoms with Crippen LogP contribution >= 0.6 is 0 Å². The van der Waals surface area contributed by atoms with Gasteiger partial charge in [-0.3, -0.25) is 9.69 Å². The first-order valence-corrected chi connectivity index (χ1v) is 11.7. The topological polar surface area (TPSA) is 79.5 Å². The van der Waals surface area contributed by atoms with Crippen LogP contribution in [0, 0.1) is 6.92 Å². The zero-order chi connectivity index (χ0) is 26.7. The van der Waals surface area contributed by atoms with Crippen molar-refractivity contribution in [2.45, 2.75) is 39.0 Å². The van der Waals surface area contributed by atoms with Gasteiger partial charge in [0, 0.05) is 17.7 Å². The van der Waals surface area contributed by atoms with Crippen LogP contribution in [0.5, 0.6) is 0 Å². The molecule has 1 N–H and O–H groups in total. The van der Waals surface area contributed by atoms with Gasteiger partial charge in [-0.05, 0) is 60.8 Å². The van der Waals surface area contributed by atoms with Crippen LogP contribution in [-0.2, 0) is 17.5 Å². The summed E-state index contributed by atoms with van der Waals surface area (Å²) in [5, 5.41) is 13.4. The molecule has 0 unspecified atom stereocenters. The molecule has 9 heteroatoms. The van der Waals surface area contributed by atoms with Crippen molar-refractivity contribution in [1.82, 2.24) is 15.0 Å². The molecule has 1 heterocycles. The van der Waals surface area contributed by atoms with Gasteiger partial charge in [-0.2, -0.15) is 18.2 Å². The van der Waals surface area contributed by atoms with E-state index < -0.39 is 23.8 Å². The number of carbonyl (C=O) groups is 1. The normalized spacial score (nSPS) is 12.6. The van der Waals surface area contributed by atoms with E-state index in [1.54, 1.807) is 55.3 Å². The van der Waals surface area contributed by atoms with Gasteiger partial charge in [0.25, 0.3) is 5.89 Å². The average molecular weight is 510 g/mol. The zero-order valence-corrected chi connectivity index (χ0v) is 20.6. The second-order valence-corrected chi connectivity index (χ2v) is 8.87. The molecule has 4 rings (SSSR count). The highest BCUT2D eigenvalue weighted by Crippen LogP contribution is 2.40. The van der Waals surface area contributed by atoms with Crippen molar-refractivity contribution in [2.75, 3.05) is 7.05 Å². The third-order valence-corrected chi connectivity index (χ3v) is 6.25. The number of alkyl halides is 3. The van der Waals surface area contributed by atoms with E-state index in [-0.39, 0.29) is 22.8 Å². The Kier molecular flexibility index (Phi) is 7.45. The number of rotatable bonds is 8. The van der Waals surface area contributed by atoms with Gasteiger partial charge in [0.05, 0.1) is 5.56 Å². The van der Waals surface area contributed by atoms with Crippen molar-refractivity contribution in [3.05, 3.63) is 83.4 Å². The molecule has 0 aliphatic rings. The maximum absolute atomic E-state index is 14.0. The van der Waals surface area contributed by atoms with E-state index in [0.29, 0.717) is 24.1 Å². The largest absolute Gasteiger partial charge is 0.480 e.